The molecule has 112 valence electrons. The maximum atomic E-state index is 5.81. The Morgan fingerprint density at radius 2 is 1.90 bits per heavy atom. The van der Waals surface area contributed by atoms with Crippen molar-refractivity contribution in [3.63, 3.8) is 0 Å². The molecule has 0 aliphatic heterocycles. The summed E-state index contributed by atoms with van der Waals surface area (Å²) in [7, 11) is 1.79. The largest absolute Gasteiger partial charge is 0.490 e. The van der Waals surface area contributed by atoms with E-state index in [0.717, 1.165) is 18.7 Å². The van der Waals surface area contributed by atoms with Crippen molar-refractivity contribution in [2.45, 2.75) is 57.8 Å². The van der Waals surface area contributed by atoms with Crippen LogP contribution in [0.3, 0.4) is 0 Å². The maximum absolute atomic E-state index is 5.81. The fraction of sp³-hybridized carbons (Fsp3) is 0.647. The normalized spacial score (nSPS) is 19.4. The van der Waals surface area contributed by atoms with Gasteiger partial charge in [-0.1, -0.05) is 26.0 Å². The van der Waals surface area contributed by atoms with Gasteiger partial charge in [-0.3, -0.25) is 0 Å². The Morgan fingerprint density at radius 1 is 1.25 bits per heavy atom. The number of benzene rings is 1. The third-order valence-corrected chi connectivity index (χ3v) is 4.23. The highest BCUT2D eigenvalue weighted by atomic mass is 16.5. The molecule has 3 nitrogen and oxygen atoms in total. The Morgan fingerprint density at radius 3 is 2.35 bits per heavy atom. The van der Waals surface area contributed by atoms with Gasteiger partial charge in [0.25, 0.3) is 0 Å². The van der Waals surface area contributed by atoms with E-state index in [1.807, 2.05) is 0 Å². The van der Waals surface area contributed by atoms with E-state index < -0.39 is 0 Å². The molecule has 0 bridgehead atoms. The summed E-state index contributed by atoms with van der Waals surface area (Å²) in [5.74, 6) is 0.974. The van der Waals surface area contributed by atoms with Crippen molar-refractivity contribution in [2.75, 3.05) is 13.7 Å². The monoisotopic (exact) mass is 277 g/mol. The minimum Gasteiger partial charge on any atom is -0.490 e. The van der Waals surface area contributed by atoms with Crippen LogP contribution in [-0.4, -0.2) is 25.4 Å². The number of ether oxygens (including phenoxy) is 2. The van der Waals surface area contributed by atoms with Gasteiger partial charge in [0.05, 0.1) is 17.7 Å². The number of rotatable bonds is 8. The third-order valence-electron chi connectivity index (χ3n) is 4.23. The van der Waals surface area contributed by atoms with Crippen molar-refractivity contribution in [3.8, 4) is 5.75 Å². The molecule has 1 aliphatic carbocycles. The molecule has 0 aromatic heterocycles. The molecule has 0 heterocycles. The summed E-state index contributed by atoms with van der Waals surface area (Å²) in [6, 6.07) is 8.64. The molecule has 1 aromatic rings. The SMILES string of the molecule is CCNC(c1ccc(OC2CC2)cc1)C(C)(CC)OC. The molecule has 2 atom stereocenters. The predicted molar refractivity (Wildman–Crippen MR) is 82.2 cm³/mol. The number of methoxy groups -OCH3 is 1. The van der Waals surface area contributed by atoms with E-state index in [1.54, 1.807) is 7.11 Å². The third kappa shape index (κ3) is 3.53. The summed E-state index contributed by atoms with van der Waals surface area (Å²) in [6.07, 6.45) is 3.80. The van der Waals surface area contributed by atoms with Crippen LogP contribution in [0.4, 0.5) is 0 Å². The fourth-order valence-electron chi connectivity index (χ4n) is 2.47. The van der Waals surface area contributed by atoms with Crippen LogP contribution in [0.25, 0.3) is 0 Å². The Bertz CT molecular complexity index is 408. The zero-order valence-corrected chi connectivity index (χ0v) is 13.1. The van der Waals surface area contributed by atoms with Gasteiger partial charge in [-0.25, -0.2) is 0 Å². The number of hydrogen-bond acceptors (Lipinski definition) is 3. The summed E-state index contributed by atoms with van der Waals surface area (Å²) >= 11 is 0. The van der Waals surface area contributed by atoms with Gasteiger partial charge in [-0.05, 0) is 50.4 Å². The van der Waals surface area contributed by atoms with Crippen molar-refractivity contribution in [3.05, 3.63) is 29.8 Å². The van der Waals surface area contributed by atoms with Gasteiger partial charge in [0.15, 0.2) is 0 Å². The summed E-state index contributed by atoms with van der Waals surface area (Å²) in [5.41, 5.74) is 1.05. The standard InChI is InChI=1S/C17H27NO2/c1-5-17(3,19-4)16(18-6-2)13-7-9-14(10-8-13)20-15-11-12-15/h7-10,15-16,18H,5-6,11-12H2,1-4H3. The highest BCUT2D eigenvalue weighted by Gasteiger charge is 2.33. The van der Waals surface area contributed by atoms with Gasteiger partial charge < -0.3 is 14.8 Å². The molecule has 1 saturated carbocycles. The van der Waals surface area contributed by atoms with Crippen molar-refractivity contribution in [1.29, 1.82) is 0 Å². The first-order valence-electron chi connectivity index (χ1n) is 7.68. The molecule has 0 spiro atoms. The summed E-state index contributed by atoms with van der Waals surface area (Å²) in [4.78, 5) is 0. The van der Waals surface area contributed by atoms with E-state index >= 15 is 0 Å². The molecule has 1 aliphatic rings. The predicted octanol–water partition coefficient (Wildman–Crippen LogP) is 3.69. The van der Waals surface area contributed by atoms with Crippen LogP contribution in [0.2, 0.25) is 0 Å². The molecule has 2 rings (SSSR count). The second kappa shape index (κ2) is 6.59. The van der Waals surface area contributed by atoms with Crippen LogP contribution in [0.5, 0.6) is 5.75 Å². The van der Waals surface area contributed by atoms with Gasteiger partial charge in [0, 0.05) is 7.11 Å². The van der Waals surface area contributed by atoms with Crippen LogP contribution < -0.4 is 10.1 Å². The van der Waals surface area contributed by atoms with Gasteiger partial charge in [-0.15, -0.1) is 0 Å². The fourth-order valence-corrected chi connectivity index (χ4v) is 2.47. The minimum absolute atomic E-state index is 0.192. The van der Waals surface area contributed by atoms with E-state index in [2.05, 4.69) is 50.4 Å². The first-order chi connectivity index (χ1) is 9.62. The second-order valence-corrected chi connectivity index (χ2v) is 5.75. The summed E-state index contributed by atoms with van der Waals surface area (Å²) < 4.78 is 11.6. The van der Waals surface area contributed by atoms with E-state index in [1.165, 1.54) is 18.4 Å². The van der Waals surface area contributed by atoms with Crippen LogP contribution in [0, 0.1) is 0 Å². The van der Waals surface area contributed by atoms with Crippen LogP contribution in [0.15, 0.2) is 24.3 Å². The number of hydrogen-bond donors (Lipinski definition) is 1. The van der Waals surface area contributed by atoms with Gasteiger partial charge in [0.1, 0.15) is 5.75 Å². The Hall–Kier alpha value is -1.06. The molecule has 1 fully saturated rings. The summed E-state index contributed by atoms with van der Waals surface area (Å²) in [6.45, 7) is 7.38. The van der Waals surface area contributed by atoms with Crippen LogP contribution in [0.1, 0.15) is 51.6 Å². The number of nitrogens with one attached hydrogen (secondary N) is 1. The first-order valence-corrected chi connectivity index (χ1v) is 7.68. The highest BCUT2D eigenvalue weighted by molar-refractivity contribution is 5.31. The minimum atomic E-state index is -0.200. The molecule has 1 aromatic carbocycles. The lowest BCUT2D eigenvalue weighted by Crippen LogP contribution is -2.42. The van der Waals surface area contributed by atoms with E-state index in [-0.39, 0.29) is 11.6 Å². The molecule has 2 unspecified atom stereocenters. The van der Waals surface area contributed by atoms with Gasteiger partial charge >= 0.3 is 0 Å². The molecular weight excluding hydrogens is 250 g/mol. The average Bonchev–Trinajstić information content (AvgIpc) is 3.29. The van der Waals surface area contributed by atoms with E-state index in [9.17, 15) is 0 Å². The van der Waals surface area contributed by atoms with E-state index in [4.69, 9.17) is 9.47 Å². The zero-order chi connectivity index (χ0) is 14.6. The van der Waals surface area contributed by atoms with Crippen molar-refractivity contribution in [2.24, 2.45) is 0 Å². The Labute approximate surface area is 122 Å². The molecular formula is C17H27NO2. The van der Waals surface area contributed by atoms with Crippen LogP contribution >= 0.6 is 0 Å². The van der Waals surface area contributed by atoms with Crippen molar-refractivity contribution >= 4 is 0 Å². The first kappa shape index (κ1) is 15.3. The van der Waals surface area contributed by atoms with Gasteiger partial charge in [-0.2, -0.15) is 0 Å². The molecule has 20 heavy (non-hydrogen) atoms. The van der Waals surface area contributed by atoms with Crippen molar-refractivity contribution in [1.82, 2.24) is 5.32 Å². The maximum Gasteiger partial charge on any atom is 0.119 e. The zero-order valence-electron chi connectivity index (χ0n) is 13.1. The molecule has 3 heteroatoms. The smallest absolute Gasteiger partial charge is 0.119 e. The van der Waals surface area contributed by atoms with Crippen molar-refractivity contribution < 1.29 is 9.47 Å². The quantitative estimate of drug-likeness (QED) is 0.786. The highest BCUT2D eigenvalue weighted by Crippen LogP contribution is 2.33. The lowest BCUT2D eigenvalue weighted by Gasteiger charge is -2.36. The average molecular weight is 277 g/mol. The molecule has 0 amide bonds. The Balaban J connectivity index is 2.15. The Kier molecular flexibility index (Phi) is 5.06. The van der Waals surface area contributed by atoms with Gasteiger partial charge in [0.2, 0.25) is 0 Å². The lowest BCUT2D eigenvalue weighted by atomic mass is 9.87. The lowest BCUT2D eigenvalue weighted by molar-refractivity contribution is -0.0296. The number of likely N-dealkylation sites (N-methyl/N-ethyl adjacent to an activating group) is 1. The van der Waals surface area contributed by atoms with E-state index in [0.29, 0.717) is 6.10 Å². The molecule has 0 radical (unpaired) electrons. The summed E-state index contributed by atoms with van der Waals surface area (Å²) in [5, 5.41) is 3.55. The van der Waals surface area contributed by atoms with Crippen LogP contribution in [-0.2, 0) is 4.74 Å². The molecule has 0 saturated heterocycles. The topological polar surface area (TPSA) is 30.5 Å². The molecule has 1 N–H and O–H groups in total. The second-order valence-electron chi connectivity index (χ2n) is 5.75.